The Hall–Kier alpha value is -1.14. The van der Waals surface area contributed by atoms with E-state index in [1.54, 1.807) is 0 Å². The third-order valence-corrected chi connectivity index (χ3v) is 13.9. The fraction of sp³-hybridized carbons (Fsp3) is 0.962. The molecule has 0 unspecified atom stereocenters. The summed E-state index contributed by atoms with van der Waals surface area (Å²) in [6.07, 6.45) is 52.2. The minimum Gasteiger partial charge on any atom is -0.466 e. The van der Waals surface area contributed by atoms with E-state index in [9.17, 15) is 14.7 Å². The molecule has 2 fully saturated rings. The van der Waals surface area contributed by atoms with Crippen LogP contribution in [0.1, 0.15) is 270 Å². The lowest BCUT2D eigenvalue weighted by Gasteiger charge is -2.28. The fourth-order valence-electron chi connectivity index (χ4n) is 9.85. The van der Waals surface area contributed by atoms with Crippen molar-refractivity contribution in [3.63, 3.8) is 0 Å². The highest BCUT2D eigenvalue weighted by molar-refractivity contribution is 5.69. The van der Waals surface area contributed by atoms with Crippen LogP contribution in [0.15, 0.2) is 0 Å². The lowest BCUT2D eigenvalue weighted by molar-refractivity contribution is -0.145. The van der Waals surface area contributed by atoms with E-state index in [0.29, 0.717) is 43.9 Å². The molecule has 0 aromatic heterocycles. The van der Waals surface area contributed by atoms with Crippen LogP contribution in [-0.2, 0) is 19.1 Å². The van der Waals surface area contributed by atoms with Crippen LogP contribution in [0.4, 0.5) is 0 Å². The average molecular weight is 818 g/mol. The number of carbonyl (C=O) groups is 2. The summed E-state index contributed by atoms with van der Waals surface area (Å²) in [5.41, 5.74) is 0. The van der Waals surface area contributed by atoms with Crippen LogP contribution >= 0.6 is 0 Å². The molecule has 2 aliphatic rings. The van der Waals surface area contributed by atoms with Crippen molar-refractivity contribution in [2.45, 2.75) is 276 Å². The zero-order valence-electron chi connectivity index (χ0n) is 38.8. The van der Waals surface area contributed by atoms with E-state index in [4.69, 9.17) is 9.47 Å². The van der Waals surface area contributed by atoms with Crippen LogP contribution in [0.2, 0.25) is 0 Å². The first kappa shape index (κ1) is 53.0. The van der Waals surface area contributed by atoms with Gasteiger partial charge >= 0.3 is 11.9 Å². The zero-order valence-corrected chi connectivity index (χ0v) is 38.8. The average Bonchev–Trinajstić information content (AvgIpc) is 3.24. The third kappa shape index (κ3) is 32.6. The second-order valence-electron chi connectivity index (χ2n) is 19.2. The van der Waals surface area contributed by atoms with Crippen molar-refractivity contribution >= 4 is 11.9 Å². The first-order valence-electron chi connectivity index (χ1n) is 26.2. The number of hydrogen-bond acceptors (Lipinski definition) is 6. The van der Waals surface area contributed by atoms with Gasteiger partial charge in [0, 0.05) is 25.5 Å². The van der Waals surface area contributed by atoms with Crippen LogP contribution in [0.5, 0.6) is 0 Å². The number of nitrogens with zero attached hydrogens (tertiary/aromatic N) is 1. The molecule has 6 heteroatoms. The predicted octanol–water partition coefficient (Wildman–Crippen LogP) is 15.0. The Morgan fingerprint density at radius 1 is 0.466 bits per heavy atom. The molecule has 0 bridgehead atoms. The highest BCUT2D eigenvalue weighted by Gasteiger charge is 2.16. The number of esters is 2. The van der Waals surface area contributed by atoms with Gasteiger partial charge in [-0.2, -0.15) is 0 Å². The maximum atomic E-state index is 12.7. The molecule has 0 saturated heterocycles. The molecule has 0 heterocycles. The molecule has 2 rings (SSSR count). The Balaban J connectivity index is 1.60. The Labute approximate surface area is 360 Å². The van der Waals surface area contributed by atoms with Crippen molar-refractivity contribution in [3.8, 4) is 0 Å². The van der Waals surface area contributed by atoms with Crippen molar-refractivity contribution < 1.29 is 24.2 Å². The number of carbonyl (C=O) groups excluding carboxylic acids is 2. The number of unbranched alkanes of at least 4 members (excludes halogenated alkanes) is 5. The molecule has 0 aliphatic heterocycles. The minimum atomic E-state index is 0.00956. The van der Waals surface area contributed by atoms with Crippen molar-refractivity contribution in [3.05, 3.63) is 0 Å². The standard InChI is InChI=1S/C52H99NO5/c1-53(44-30-31-45-54)50(38-28-22-32-46-57-51(55)42-40-48-34-24-18-14-10-6-2-3-7-11-15-19-25-35-48)39-29-23-33-47-58-52(56)43-41-49-36-26-20-16-12-8-4-5-9-13-17-21-27-37-49/h48-50,54H,2-47H2,1H3. The smallest absolute Gasteiger partial charge is 0.305 e. The topological polar surface area (TPSA) is 76.1 Å². The Morgan fingerprint density at radius 2 is 0.793 bits per heavy atom. The van der Waals surface area contributed by atoms with Gasteiger partial charge in [-0.1, -0.05) is 205 Å². The maximum absolute atomic E-state index is 12.7. The van der Waals surface area contributed by atoms with Gasteiger partial charge in [-0.05, 0) is 76.8 Å². The van der Waals surface area contributed by atoms with E-state index in [1.165, 1.54) is 180 Å². The van der Waals surface area contributed by atoms with Gasteiger partial charge in [-0.25, -0.2) is 0 Å². The number of aliphatic hydroxyl groups is 1. The van der Waals surface area contributed by atoms with Gasteiger partial charge < -0.3 is 19.5 Å². The molecule has 0 atom stereocenters. The lowest BCUT2D eigenvalue weighted by Crippen LogP contribution is -2.32. The Kier molecular flexibility index (Phi) is 36.5. The van der Waals surface area contributed by atoms with Crippen molar-refractivity contribution in [2.24, 2.45) is 11.8 Å². The molecule has 2 saturated carbocycles. The summed E-state index contributed by atoms with van der Waals surface area (Å²) in [4.78, 5) is 27.9. The predicted molar refractivity (Wildman–Crippen MR) is 246 cm³/mol. The van der Waals surface area contributed by atoms with Gasteiger partial charge in [-0.15, -0.1) is 0 Å². The van der Waals surface area contributed by atoms with Crippen molar-refractivity contribution in [1.29, 1.82) is 0 Å². The largest absolute Gasteiger partial charge is 0.466 e. The first-order chi connectivity index (χ1) is 28.6. The van der Waals surface area contributed by atoms with E-state index in [2.05, 4.69) is 11.9 Å². The second kappa shape index (κ2) is 40.0. The van der Waals surface area contributed by atoms with E-state index in [1.807, 2.05) is 0 Å². The Morgan fingerprint density at radius 3 is 1.12 bits per heavy atom. The second-order valence-corrected chi connectivity index (χ2v) is 19.2. The summed E-state index contributed by atoms with van der Waals surface area (Å²) in [7, 11) is 2.24. The molecule has 0 aromatic rings. The molecular weight excluding hydrogens is 719 g/mol. The monoisotopic (exact) mass is 818 g/mol. The van der Waals surface area contributed by atoms with Crippen molar-refractivity contribution in [1.82, 2.24) is 4.90 Å². The van der Waals surface area contributed by atoms with E-state index in [-0.39, 0.29) is 18.5 Å². The molecule has 1 N–H and O–H groups in total. The van der Waals surface area contributed by atoms with Crippen LogP contribution in [0.25, 0.3) is 0 Å². The summed E-state index contributed by atoms with van der Waals surface area (Å²) < 4.78 is 11.5. The summed E-state index contributed by atoms with van der Waals surface area (Å²) >= 11 is 0. The molecule has 0 amide bonds. The molecule has 0 radical (unpaired) electrons. The van der Waals surface area contributed by atoms with Gasteiger partial charge in [0.2, 0.25) is 0 Å². The van der Waals surface area contributed by atoms with Crippen LogP contribution < -0.4 is 0 Å². The summed E-state index contributed by atoms with van der Waals surface area (Å²) in [5, 5.41) is 9.32. The number of rotatable bonds is 23. The summed E-state index contributed by atoms with van der Waals surface area (Å²) in [5.74, 6) is 1.39. The van der Waals surface area contributed by atoms with E-state index in [0.717, 1.165) is 83.6 Å². The van der Waals surface area contributed by atoms with Crippen LogP contribution in [0, 0.1) is 11.8 Å². The quantitative estimate of drug-likeness (QED) is 0.0817. The Bertz CT molecular complexity index is 816. The van der Waals surface area contributed by atoms with Gasteiger partial charge in [0.25, 0.3) is 0 Å². The number of aliphatic hydroxyl groups excluding tert-OH is 1. The highest BCUT2D eigenvalue weighted by Crippen LogP contribution is 2.26. The minimum absolute atomic E-state index is 0.00956. The van der Waals surface area contributed by atoms with Crippen LogP contribution in [-0.4, -0.2) is 61.4 Å². The molecule has 58 heavy (non-hydrogen) atoms. The zero-order chi connectivity index (χ0) is 41.4. The lowest BCUT2D eigenvalue weighted by atomic mass is 9.90. The van der Waals surface area contributed by atoms with Gasteiger partial charge in [0.1, 0.15) is 0 Å². The molecule has 6 nitrogen and oxygen atoms in total. The molecule has 2 aliphatic carbocycles. The van der Waals surface area contributed by atoms with Gasteiger partial charge in [0.15, 0.2) is 0 Å². The molecule has 0 spiro atoms. The van der Waals surface area contributed by atoms with Crippen molar-refractivity contribution in [2.75, 3.05) is 33.4 Å². The number of hydrogen-bond donors (Lipinski definition) is 1. The van der Waals surface area contributed by atoms with E-state index >= 15 is 0 Å². The molecule has 342 valence electrons. The summed E-state index contributed by atoms with van der Waals surface area (Å²) in [6.45, 7) is 2.39. The van der Waals surface area contributed by atoms with Crippen LogP contribution in [0.3, 0.4) is 0 Å². The SMILES string of the molecule is CN(CCCCO)C(CCCCCOC(=O)CCC1CCCCCCCCCCCCCC1)CCCCCOC(=O)CCC1CCCCCCCCCCCCCC1. The third-order valence-electron chi connectivity index (χ3n) is 13.9. The fourth-order valence-corrected chi connectivity index (χ4v) is 9.85. The van der Waals surface area contributed by atoms with Gasteiger partial charge in [0.05, 0.1) is 13.2 Å². The number of ether oxygens (including phenoxy) is 2. The van der Waals surface area contributed by atoms with E-state index < -0.39 is 0 Å². The highest BCUT2D eigenvalue weighted by atomic mass is 16.5. The maximum Gasteiger partial charge on any atom is 0.305 e. The normalized spacial score (nSPS) is 19.2. The molecular formula is C52H99NO5. The van der Waals surface area contributed by atoms with Gasteiger partial charge in [-0.3, -0.25) is 9.59 Å². The summed E-state index contributed by atoms with van der Waals surface area (Å²) in [6, 6.07) is 0.525. The molecule has 0 aromatic carbocycles. The first-order valence-corrected chi connectivity index (χ1v) is 26.2.